The number of nitrogens with one attached hydrogen (secondary N) is 1. The molecule has 1 aromatic heterocycles. The smallest absolute Gasteiger partial charge is 0.347 e. The van der Waals surface area contributed by atoms with E-state index in [0.717, 1.165) is 11.3 Å². The fourth-order valence-corrected chi connectivity index (χ4v) is 2.64. The van der Waals surface area contributed by atoms with Crippen molar-refractivity contribution in [2.24, 2.45) is 0 Å². The molecule has 2 N–H and O–H groups in total. The number of carbonyl (C=O) groups excluding carboxylic acids is 1. The van der Waals surface area contributed by atoms with E-state index in [4.69, 9.17) is 5.11 Å². The summed E-state index contributed by atoms with van der Waals surface area (Å²) >= 11 is 1.04. The minimum absolute atomic E-state index is 0.180. The molecule has 20 heavy (non-hydrogen) atoms. The third-order valence-corrected chi connectivity index (χ3v) is 4.14. The lowest BCUT2D eigenvalue weighted by atomic mass is 10.1. The zero-order valence-corrected chi connectivity index (χ0v) is 11.9. The molecule has 0 saturated carbocycles. The second kappa shape index (κ2) is 5.83. The lowest BCUT2D eigenvalue weighted by Gasteiger charge is -2.09. The molecule has 0 unspecified atom stereocenters. The molecule has 1 amide bonds. The van der Waals surface area contributed by atoms with Gasteiger partial charge in [0.05, 0.1) is 11.6 Å². The van der Waals surface area contributed by atoms with Crippen LogP contribution in [0, 0.1) is 6.92 Å². The highest BCUT2D eigenvalue weighted by Crippen LogP contribution is 2.26. The van der Waals surface area contributed by atoms with E-state index in [1.54, 1.807) is 26.0 Å². The number of hydrogen-bond acceptors (Lipinski definition) is 4. The molecule has 0 aliphatic rings. The molecule has 6 heteroatoms. The molecular formula is C14H14N2O3S. The fourth-order valence-electron chi connectivity index (χ4n) is 1.69. The number of aromatic nitrogens is 1. The number of aromatic carboxylic acids is 1. The third-order valence-electron chi connectivity index (χ3n) is 2.81. The molecule has 0 fully saturated rings. The highest BCUT2D eigenvalue weighted by molar-refractivity contribution is 7.13. The van der Waals surface area contributed by atoms with Crippen molar-refractivity contribution in [2.45, 2.75) is 19.8 Å². The van der Waals surface area contributed by atoms with Crippen molar-refractivity contribution >= 4 is 28.9 Å². The first-order chi connectivity index (χ1) is 9.49. The predicted molar refractivity (Wildman–Crippen MR) is 77.3 cm³/mol. The van der Waals surface area contributed by atoms with Gasteiger partial charge in [-0.15, -0.1) is 11.3 Å². The quantitative estimate of drug-likeness (QED) is 0.907. The van der Waals surface area contributed by atoms with Crippen LogP contribution in [0.15, 0.2) is 30.3 Å². The molecule has 0 bridgehead atoms. The van der Waals surface area contributed by atoms with Gasteiger partial charge in [-0.2, -0.15) is 0 Å². The number of anilines is 1. The number of aryl methyl sites for hydroxylation is 1. The van der Waals surface area contributed by atoms with Gasteiger partial charge in [-0.25, -0.2) is 9.78 Å². The Morgan fingerprint density at radius 1 is 1.30 bits per heavy atom. The van der Waals surface area contributed by atoms with E-state index in [1.807, 2.05) is 18.2 Å². The van der Waals surface area contributed by atoms with Gasteiger partial charge < -0.3 is 10.4 Å². The van der Waals surface area contributed by atoms with Gasteiger partial charge in [0.2, 0.25) is 5.91 Å². The fraction of sp³-hybridized carbons (Fsp3) is 0.214. The summed E-state index contributed by atoms with van der Waals surface area (Å²) < 4.78 is 0. The van der Waals surface area contributed by atoms with Crippen molar-refractivity contribution < 1.29 is 14.7 Å². The molecule has 0 aliphatic heterocycles. The van der Waals surface area contributed by atoms with Crippen LogP contribution in [0.2, 0.25) is 0 Å². The van der Waals surface area contributed by atoms with Crippen LogP contribution in [0.25, 0.3) is 0 Å². The van der Waals surface area contributed by atoms with Crippen LogP contribution in [0.5, 0.6) is 0 Å². The maximum absolute atomic E-state index is 12.1. The van der Waals surface area contributed by atoms with E-state index in [1.165, 1.54) is 0 Å². The average Bonchev–Trinajstić information content (AvgIpc) is 2.81. The zero-order chi connectivity index (χ0) is 14.7. The Morgan fingerprint density at radius 3 is 2.50 bits per heavy atom. The highest BCUT2D eigenvalue weighted by Gasteiger charge is 2.22. The number of benzene rings is 1. The number of rotatable bonds is 4. The van der Waals surface area contributed by atoms with E-state index >= 15 is 0 Å². The van der Waals surface area contributed by atoms with Crippen LogP contribution >= 0.6 is 11.3 Å². The minimum atomic E-state index is -1.01. The van der Waals surface area contributed by atoms with E-state index in [9.17, 15) is 9.59 Å². The summed E-state index contributed by atoms with van der Waals surface area (Å²) in [5.41, 5.74) is 1.15. The summed E-state index contributed by atoms with van der Waals surface area (Å²) in [5, 5.41) is 12.3. The van der Waals surface area contributed by atoms with Gasteiger partial charge in [0.25, 0.3) is 0 Å². The molecule has 2 rings (SSSR count). The van der Waals surface area contributed by atoms with Gasteiger partial charge in [-0.1, -0.05) is 18.2 Å². The van der Waals surface area contributed by atoms with E-state index in [0.29, 0.717) is 16.4 Å². The monoisotopic (exact) mass is 290 g/mol. The Hall–Kier alpha value is -2.21. The van der Waals surface area contributed by atoms with Crippen molar-refractivity contribution in [3.05, 3.63) is 45.9 Å². The van der Waals surface area contributed by atoms with Crippen molar-refractivity contribution in [2.75, 3.05) is 5.32 Å². The number of carboxylic acid groups (broad SMARTS) is 1. The number of carbonyl (C=O) groups is 2. The van der Waals surface area contributed by atoms with E-state index < -0.39 is 11.9 Å². The average molecular weight is 290 g/mol. The SMILES string of the molecule is Cc1nc([C@@H](C)C(=O)Nc2ccccc2)sc1C(=O)O. The summed E-state index contributed by atoms with van der Waals surface area (Å²) in [5.74, 6) is -1.71. The first-order valence-corrected chi connectivity index (χ1v) is 6.87. The van der Waals surface area contributed by atoms with Gasteiger partial charge in [0.15, 0.2) is 0 Å². The molecule has 2 aromatic rings. The number of para-hydroxylation sites is 1. The van der Waals surface area contributed by atoms with Crippen molar-refractivity contribution in [3.63, 3.8) is 0 Å². The first kappa shape index (κ1) is 14.2. The van der Waals surface area contributed by atoms with Crippen LogP contribution in [0.1, 0.15) is 33.2 Å². The normalized spacial score (nSPS) is 11.9. The van der Waals surface area contributed by atoms with Crippen LogP contribution in [-0.2, 0) is 4.79 Å². The number of carboxylic acids is 1. The maximum atomic E-state index is 12.1. The Morgan fingerprint density at radius 2 is 1.95 bits per heavy atom. The summed E-state index contributed by atoms with van der Waals surface area (Å²) in [4.78, 5) is 27.5. The van der Waals surface area contributed by atoms with Crippen molar-refractivity contribution in [1.82, 2.24) is 4.98 Å². The Kier molecular flexibility index (Phi) is 4.14. The molecule has 1 aromatic carbocycles. The molecule has 0 spiro atoms. The highest BCUT2D eigenvalue weighted by atomic mass is 32.1. The Labute approximate surface area is 120 Å². The maximum Gasteiger partial charge on any atom is 0.347 e. The lowest BCUT2D eigenvalue weighted by molar-refractivity contribution is -0.117. The number of thiazole rings is 1. The molecule has 1 atom stereocenters. The largest absolute Gasteiger partial charge is 0.477 e. The number of hydrogen-bond donors (Lipinski definition) is 2. The topological polar surface area (TPSA) is 79.3 Å². The second-order valence-corrected chi connectivity index (χ2v) is 5.38. The standard InChI is InChI=1S/C14H14N2O3S/c1-8(12(17)16-10-6-4-3-5-7-10)13-15-9(2)11(20-13)14(18)19/h3-8H,1-2H3,(H,16,17)(H,18,19)/t8-/m0/s1. The summed E-state index contributed by atoms with van der Waals surface area (Å²) in [7, 11) is 0. The predicted octanol–water partition coefficient (Wildman–Crippen LogP) is 2.89. The molecule has 104 valence electrons. The van der Waals surface area contributed by atoms with Crippen molar-refractivity contribution in [3.8, 4) is 0 Å². The Bertz CT molecular complexity index is 637. The van der Waals surface area contributed by atoms with E-state index in [2.05, 4.69) is 10.3 Å². The molecule has 0 aliphatic carbocycles. The van der Waals surface area contributed by atoms with E-state index in [-0.39, 0.29) is 10.8 Å². The molecule has 0 radical (unpaired) electrons. The first-order valence-electron chi connectivity index (χ1n) is 6.05. The molecular weight excluding hydrogens is 276 g/mol. The lowest BCUT2D eigenvalue weighted by Crippen LogP contribution is -2.18. The van der Waals surface area contributed by atoms with Gasteiger partial charge in [0, 0.05) is 5.69 Å². The number of nitrogens with zero attached hydrogens (tertiary/aromatic N) is 1. The minimum Gasteiger partial charge on any atom is -0.477 e. The van der Waals surface area contributed by atoms with Gasteiger partial charge in [0.1, 0.15) is 9.88 Å². The van der Waals surface area contributed by atoms with Gasteiger partial charge in [-0.05, 0) is 26.0 Å². The van der Waals surface area contributed by atoms with Crippen LogP contribution < -0.4 is 5.32 Å². The zero-order valence-electron chi connectivity index (χ0n) is 11.1. The molecule has 5 nitrogen and oxygen atoms in total. The summed E-state index contributed by atoms with van der Waals surface area (Å²) in [6.45, 7) is 3.34. The molecule has 0 saturated heterocycles. The number of amides is 1. The van der Waals surface area contributed by atoms with Crippen molar-refractivity contribution in [1.29, 1.82) is 0 Å². The summed E-state index contributed by atoms with van der Waals surface area (Å²) in [6, 6.07) is 9.11. The van der Waals surface area contributed by atoms with Gasteiger partial charge in [-0.3, -0.25) is 4.79 Å². The van der Waals surface area contributed by atoms with Crippen LogP contribution in [0.3, 0.4) is 0 Å². The Balaban J connectivity index is 2.15. The van der Waals surface area contributed by atoms with Crippen LogP contribution in [0.4, 0.5) is 5.69 Å². The van der Waals surface area contributed by atoms with Gasteiger partial charge >= 0.3 is 5.97 Å². The summed E-state index contributed by atoms with van der Waals surface area (Å²) in [6.07, 6.45) is 0. The second-order valence-electron chi connectivity index (χ2n) is 4.35. The van der Waals surface area contributed by atoms with Crippen LogP contribution in [-0.4, -0.2) is 22.0 Å². The third kappa shape index (κ3) is 3.03. The molecule has 1 heterocycles.